The zero-order chi connectivity index (χ0) is 31.3. The molecule has 9 nitrogen and oxygen atoms in total. The van der Waals surface area contributed by atoms with Crippen LogP contribution < -0.4 is 10.3 Å². The van der Waals surface area contributed by atoms with Crippen LogP contribution in [0.15, 0.2) is 90.4 Å². The lowest BCUT2D eigenvalue weighted by atomic mass is 10.1. The number of rotatable bonds is 11. The van der Waals surface area contributed by atoms with Crippen molar-refractivity contribution >= 4 is 16.8 Å². The van der Waals surface area contributed by atoms with Crippen molar-refractivity contribution in [2.45, 2.75) is 52.0 Å². The Morgan fingerprint density at radius 2 is 1.84 bits per heavy atom. The van der Waals surface area contributed by atoms with Crippen LogP contribution in [0.2, 0.25) is 0 Å². The summed E-state index contributed by atoms with van der Waals surface area (Å²) in [6.45, 7) is 4.01. The van der Waals surface area contributed by atoms with Crippen molar-refractivity contribution in [2.75, 3.05) is 6.61 Å². The number of aryl methyl sites for hydroxylation is 1. The molecule has 1 amide bonds. The highest BCUT2D eigenvalue weighted by Gasteiger charge is 2.29. The Morgan fingerprint density at radius 1 is 1.07 bits per heavy atom. The summed E-state index contributed by atoms with van der Waals surface area (Å²) in [7, 11) is 0. The molecule has 3 heterocycles. The van der Waals surface area contributed by atoms with Crippen molar-refractivity contribution in [2.24, 2.45) is 0 Å². The smallest absolute Gasteiger partial charge is 0.390 e. The second-order valence-corrected chi connectivity index (χ2v) is 10.3. The first-order chi connectivity index (χ1) is 21.1. The van der Waals surface area contributed by atoms with Gasteiger partial charge in [0.15, 0.2) is 0 Å². The molecule has 0 aliphatic carbocycles. The molecule has 0 fully saturated rings. The lowest BCUT2D eigenvalue weighted by Crippen LogP contribution is -2.38. The maximum absolute atomic E-state index is 13.9. The summed E-state index contributed by atoms with van der Waals surface area (Å²) in [5.41, 5.74) is 1.82. The Kier molecular flexibility index (Phi) is 9.07. The van der Waals surface area contributed by atoms with E-state index in [-0.39, 0.29) is 31.0 Å². The number of halogens is 3. The van der Waals surface area contributed by atoms with Crippen LogP contribution in [0.1, 0.15) is 43.4 Å². The summed E-state index contributed by atoms with van der Waals surface area (Å²) in [6.07, 6.45) is 0.538. The number of para-hydroxylation sites is 1. The molecule has 44 heavy (non-hydrogen) atoms. The van der Waals surface area contributed by atoms with Gasteiger partial charge in [-0.1, -0.05) is 18.2 Å². The third-order valence-electron chi connectivity index (χ3n) is 7.12. The molecule has 2 aromatic carbocycles. The van der Waals surface area contributed by atoms with Crippen molar-refractivity contribution in [1.82, 2.24) is 29.0 Å². The van der Waals surface area contributed by atoms with Gasteiger partial charge in [0, 0.05) is 31.7 Å². The molecule has 0 spiro atoms. The molecule has 0 saturated heterocycles. The Labute approximate surface area is 251 Å². The molecule has 0 bridgehead atoms. The van der Waals surface area contributed by atoms with Gasteiger partial charge in [0.25, 0.3) is 5.56 Å². The van der Waals surface area contributed by atoms with Crippen LogP contribution in [0.3, 0.4) is 0 Å². The molecular formula is C32H31F3N6O3. The molecule has 0 saturated carbocycles. The molecule has 0 aliphatic heterocycles. The summed E-state index contributed by atoms with van der Waals surface area (Å²) in [4.78, 5) is 42.6. The average molecular weight is 605 g/mol. The van der Waals surface area contributed by atoms with Crippen LogP contribution in [0, 0.1) is 0 Å². The second kappa shape index (κ2) is 13.1. The first kappa shape index (κ1) is 30.5. The highest BCUT2D eigenvalue weighted by Crippen LogP contribution is 2.26. The Bertz CT molecular complexity index is 1790. The maximum atomic E-state index is 13.9. The lowest BCUT2D eigenvalue weighted by molar-refractivity contribution is -0.137. The van der Waals surface area contributed by atoms with Gasteiger partial charge in [0.1, 0.15) is 11.6 Å². The quantitative estimate of drug-likeness (QED) is 0.193. The van der Waals surface area contributed by atoms with E-state index in [9.17, 15) is 22.8 Å². The summed E-state index contributed by atoms with van der Waals surface area (Å²) in [5, 5.41) is 0.423. The number of pyridine rings is 1. The number of benzene rings is 2. The van der Waals surface area contributed by atoms with Crippen LogP contribution in [0.25, 0.3) is 16.6 Å². The van der Waals surface area contributed by atoms with Crippen LogP contribution in [0.5, 0.6) is 5.75 Å². The minimum atomic E-state index is -4.30. The third-order valence-corrected chi connectivity index (χ3v) is 7.12. The maximum Gasteiger partial charge on any atom is 0.390 e. The van der Waals surface area contributed by atoms with E-state index < -0.39 is 18.6 Å². The number of hydrogen-bond acceptors (Lipinski definition) is 6. The highest BCUT2D eigenvalue weighted by atomic mass is 19.4. The Morgan fingerprint density at radius 3 is 2.55 bits per heavy atom. The predicted molar refractivity (Wildman–Crippen MR) is 158 cm³/mol. The van der Waals surface area contributed by atoms with E-state index in [1.54, 1.807) is 78.8 Å². The fraction of sp³-hybridized carbons (Fsp3) is 0.281. The summed E-state index contributed by atoms with van der Waals surface area (Å²) >= 11 is 0. The largest absolute Gasteiger partial charge is 0.494 e. The molecular weight excluding hydrogens is 573 g/mol. The number of hydrogen-bond donors (Lipinski definition) is 0. The number of imidazole rings is 1. The van der Waals surface area contributed by atoms with E-state index in [0.29, 0.717) is 40.5 Å². The van der Waals surface area contributed by atoms with Crippen molar-refractivity contribution < 1.29 is 22.7 Å². The lowest BCUT2D eigenvalue weighted by Gasteiger charge is -2.30. The zero-order valence-electron chi connectivity index (χ0n) is 24.2. The van der Waals surface area contributed by atoms with Gasteiger partial charge in [-0.25, -0.2) is 9.97 Å². The molecule has 1 unspecified atom stereocenters. The monoisotopic (exact) mass is 604 g/mol. The van der Waals surface area contributed by atoms with Gasteiger partial charge in [0.2, 0.25) is 5.91 Å². The van der Waals surface area contributed by atoms with Gasteiger partial charge in [-0.05, 0) is 61.9 Å². The summed E-state index contributed by atoms with van der Waals surface area (Å²) in [6, 6.07) is 17.0. The first-order valence-corrected chi connectivity index (χ1v) is 14.1. The molecule has 3 aromatic heterocycles. The van der Waals surface area contributed by atoms with Gasteiger partial charge < -0.3 is 14.2 Å². The fourth-order valence-electron chi connectivity index (χ4n) is 4.94. The molecule has 0 aliphatic rings. The Hall–Kier alpha value is -5.00. The number of alkyl halides is 3. The molecule has 228 valence electrons. The molecule has 0 radical (unpaired) electrons. The molecule has 12 heteroatoms. The van der Waals surface area contributed by atoms with Gasteiger partial charge in [-0.2, -0.15) is 13.2 Å². The van der Waals surface area contributed by atoms with Gasteiger partial charge in [-0.3, -0.25) is 19.1 Å². The number of aromatic nitrogens is 5. The van der Waals surface area contributed by atoms with Gasteiger partial charge in [0.05, 0.1) is 54.1 Å². The summed E-state index contributed by atoms with van der Waals surface area (Å²) < 4.78 is 46.6. The van der Waals surface area contributed by atoms with E-state index in [1.807, 2.05) is 13.0 Å². The number of carbonyl (C=O) groups is 1. The average Bonchev–Trinajstić information content (AvgIpc) is 3.46. The van der Waals surface area contributed by atoms with Crippen molar-refractivity contribution in [3.63, 3.8) is 0 Å². The normalized spacial score (nSPS) is 12.3. The van der Waals surface area contributed by atoms with Crippen LogP contribution >= 0.6 is 0 Å². The number of nitrogens with zero attached hydrogens (tertiary/aromatic N) is 6. The second-order valence-electron chi connectivity index (χ2n) is 10.3. The van der Waals surface area contributed by atoms with Crippen molar-refractivity contribution in [3.05, 3.63) is 113 Å². The number of amides is 1. The minimum Gasteiger partial charge on any atom is -0.494 e. The van der Waals surface area contributed by atoms with E-state index in [0.717, 1.165) is 5.56 Å². The van der Waals surface area contributed by atoms with Crippen LogP contribution in [-0.2, 0) is 24.3 Å². The van der Waals surface area contributed by atoms with Gasteiger partial charge >= 0.3 is 6.18 Å². The minimum absolute atomic E-state index is 0.147. The topological polar surface area (TPSA) is 95.1 Å². The Balaban J connectivity index is 1.54. The van der Waals surface area contributed by atoms with Crippen molar-refractivity contribution in [3.8, 4) is 11.4 Å². The van der Waals surface area contributed by atoms with E-state index >= 15 is 0 Å². The van der Waals surface area contributed by atoms with E-state index in [1.165, 1.54) is 21.7 Å². The number of ether oxygens (including phenoxy) is 1. The predicted octanol–water partition coefficient (Wildman–Crippen LogP) is 5.66. The fourth-order valence-corrected chi connectivity index (χ4v) is 4.94. The van der Waals surface area contributed by atoms with Crippen LogP contribution in [-0.4, -0.2) is 47.7 Å². The van der Waals surface area contributed by atoms with E-state index in [4.69, 9.17) is 9.72 Å². The number of fused-ring (bicyclic) bond motifs is 1. The van der Waals surface area contributed by atoms with Gasteiger partial charge in [-0.15, -0.1) is 0 Å². The van der Waals surface area contributed by atoms with E-state index in [2.05, 4.69) is 9.97 Å². The zero-order valence-corrected chi connectivity index (χ0v) is 24.2. The first-order valence-electron chi connectivity index (χ1n) is 14.1. The SMILES string of the molecule is CCOc1ccc(-n2c(C(C)N(Cc3cccnc3)C(=O)Cc3cn(CCC(F)(F)F)cn3)nc3ccccc3c2=O)cc1. The van der Waals surface area contributed by atoms with Crippen LogP contribution in [0.4, 0.5) is 13.2 Å². The molecule has 0 N–H and O–H groups in total. The highest BCUT2D eigenvalue weighted by molar-refractivity contribution is 5.80. The number of carbonyl (C=O) groups excluding carboxylic acids is 1. The summed E-state index contributed by atoms with van der Waals surface area (Å²) in [5.74, 6) is 0.643. The van der Waals surface area contributed by atoms with Crippen molar-refractivity contribution in [1.29, 1.82) is 0 Å². The molecule has 1 atom stereocenters. The third kappa shape index (κ3) is 7.13. The molecule has 5 rings (SSSR count). The molecule has 5 aromatic rings. The standard InChI is InChI=1S/C32H31F3N6O3/c1-3-44-26-12-10-25(11-13-26)41-30(38-28-9-5-4-8-27(28)31(41)43)22(2)40(19-23-7-6-15-36-18-23)29(42)17-24-20-39(21-37-24)16-14-32(33,34)35/h4-13,15,18,20-22H,3,14,16-17,19H2,1-2H3.